The number of non-ortho nitro benzene ring substituents is 1. The Morgan fingerprint density at radius 3 is 0.917 bits per heavy atom. The number of anilines is 4. The number of halogens is 5. The number of benzene rings is 12. The zero-order valence-electron chi connectivity index (χ0n) is 72.9. The lowest BCUT2D eigenvalue weighted by molar-refractivity contribution is -0.384. The van der Waals surface area contributed by atoms with Gasteiger partial charge in [-0.05, 0) is 218 Å². The SMILES string of the molecule is CC(C)(C)C(=O)Cl.CC(C)(C)C(=O)Nc1ccc2c(c1)C(=O)c1cc(Br)ccc1-2.CC(C)(C)C(=O)Nc1ccc2c(c1)C(=O)c1cc(O)ccc1-2.CC(C)(C)C(=O)Nc1ccc2c(c1)C(=O)c1cc(O[B]O)ccc1-2.Nc1ccc2c(c1)C(=O)c1cc(Br)ccc1-2.O=C1c2cc(Br)ccc2-c2ccc([N+](=O)[O-])cc21.O=C1c2ccccc2-c2ccc(Br)cc21.OB(O)B(O)O.OO. The molecule has 0 bridgehead atoms. The van der Waals surface area contributed by atoms with Crippen LogP contribution in [0.4, 0.5) is 28.4 Å². The number of hydrogen-bond donors (Lipinski definition) is 12. The predicted octanol–water partition coefficient (Wildman–Crippen LogP) is 20.3. The maximum absolute atomic E-state index is 12.6. The fraction of sp³-hybridized carbons (Fsp3) is 0.163. The number of phenols is 1. The number of aromatic hydroxyl groups is 1. The minimum atomic E-state index is -2.04. The first-order chi connectivity index (χ1) is 61.9. The molecule has 0 unspecified atom stereocenters. The maximum atomic E-state index is 12.6. The topological polar surface area (TPSA) is 447 Å². The average molecular weight is 2060 g/mol. The molecule has 0 spiro atoms. The lowest BCUT2D eigenvalue weighted by Crippen LogP contribution is -2.35. The Bertz CT molecular complexity index is 6480. The highest BCUT2D eigenvalue weighted by molar-refractivity contribution is 9.11. The molecule has 1 radical (unpaired) electrons. The highest BCUT2D eigenvalue weighted by Crippen LogP contribution is 2.46. The number of carbonyl (C=O) groups excluding carboxylic acids is 10. The Balaban J connectivity index is 0.000000160. The highest BCUT2D eigenvalue weighted by atomic mass is 79.9. The summed E-state index contributed by atoms with van der Waals surface area (Å²) in [4.78, 5) is 131. The number of nitrogen functional groups attached to an aromatic ring is 1. The Hall–Kier alpha value is -12.3. The van der Waals surface area contributed by atoms with E-state index in [0.717, 1.165) is 101 Å². The zero-order valence-corrected chi connectivity index (χ0v) is 80.0. The van der Waals surface area contributed by atoms with Crippen LogP contribution in [0.15, 0.2) is 242 Å². The molecule has 12 aromatic rings. The summed E-state index contributed by atoms with van der Waals surface area (Å²) >= 11 is 18.6. The van der Waals surface area contributed by atoms with E-state index in [1.165, 1.54) is 18.2 Å². The van der Waals surface area contributed by atoms with Crippen molar-refractivity contribution < 1.29 is 98.3 Å². The second-order valence-electron chi connectivity index (χ2n) is 34.5. The molecule has 0 aromatic heterocycles. The number of nitro groups is 1. The molecule has 6 aliphatic carbocycles. The number of hydrogen-bond acceptors (Lipinski definition) is 22. The third-order valence-electron chi connectivity index (χ3n) is 20.7. The predicted molar refractivity (Wildman–Crippen MR) is 524 cm³/mol. The molecule has 6 aliphatic rings. The minimum Gasteiger partial charge on any atom is -0.537 e. The summed E-state index contributed by atoms with van der Waals surface area (Å²) in [7, 11) is -3.50. The third kappa shape index (κ3) is 23.6. The van der Waals surface area contributed by atoms with Crippen LogP contribution in [0.25, 0.3) is 66.8 Å². The van der Waals surface area contributed by atoms with Gasteiger partial charge in [-0.1, -0.05) is 220 Å². The van der Waals surface area contributed by atoms with E-state index >= 15 is 0 Å². The Labute approximate surface area is 799 Å². The largest absolute Gasteiger partial charge is 0.569 e. The molecule has 18 rings (SSSR count). The van der Waals surface area contributed by atoms with Gasteiger partial charge in [0.2, 0.25) is 23.0 Å². The molecule has 34 heteroatoms. The molecule has 0 saturated heterocycles. The van der Waals surface area contributed by atoms with Gasteiger partial charge in [0, 0.05) is 141 Å². The maximum Gasteiger partial charge on any atom is 0.569 e. The van der Waals surface area contributed by atoms with Gasteiger partial charge in [-0.2, -0.15) is 0 Å². The molecule has 0 atom stereocenters. The highest BCUT2D eigenvalue weighted by Gasteiger charge is 2.36. The van der Waals surface area contributed by atoms with Crippen molar-refractivity contribution in [3.63, 3.8) is 0 Å². The summed E-state index contributed by atoms with van der Waals surface area (Å²) in [5, 5.41) is 80.0. The number of phenolic OH excluding ortho intramolecular Hbond substituents is 1. The van der Waals surface area contributed by atoms with Crippen LogP contribution in [-0.2, 0) is 19.2 Å². The molecule has 673 valence electrons. The molecular formula is C98H86B3Br4ClN5O21. The molecule has 0 aliphatic heterocycles. The van der Waals surface area contributed by atoms with Gasteiger partial charge in [-0.25, -0.2) is 0 Å². The monoisotopic (exact) mass is 2050 g/mol. The standard InChI is InChI=1S/C18H17BNO4.C18H16BrNO2.C18H17NO3.C13H6BrNO3.C13H8BrNO.C13H7BrO.C5H9ClO.B2H4O4.H2O2/c1-18(2,3)17(22)20-10-4-6-12-13-7-5-11(24-19-23)9-15(13)16(21)14(12)8-10;1-18(2,3)17(22)20-11-5-7-13-12-6-4-10(19)8-14(12)16(21)15(13)9-11;1-18(2,3)17(22)19-10-4-6-12-13-7-5-11(20)9-15(13)16(21)14(12)8-10;14-7-1-3-9-10-4-2-8(15(17)18)6-12(10)13(16)11(9)5-7;14-7-1-3-9-10-4-2-8(15)6-12(10)13(16)11(9)5-7;14-8-5-6-10-9-3-1-2-4-11(9)13(15)12(10)7-8;1-5(2,3)4(6)7;3-1(4)2(5)6;1-2/h4-9,23H,1-3H3,(H,20,22);4-9H,1-3H3,(H,20,22);4-9,20H,1-3H3,(H,19,22);1-6H;1-6H,15H2;1-7H;1-3H3;3-6H;1-2H. The van der Waals surface area contributed by atoms with Crippen LogP contribution in [0.5, 0.6) is 11.5 Å². The van der Waals surface area contributed by atoms with E-state index in [1.54, 1.807) is 99.6 Å². The quantitative estimate of drug-likeness (QED) is 0.0176. The van der Waals surface area contributed by atoms with Crippen LogP contribution in [0.1, 0.15) is 179 Å². The summed E-state index contributed by atoms with van der Waals surface area (Å²) in [5.74, 6) is -0.0720. The normalized spacial score (nSPS) is 12.1. The summed E-state index contributed by atoms with van der Waals surface area (Å²) in [5.41, 5.74) is 24.5. The van der Waals surface area contributed by atoms with Crippen LogP contribution in [0, 0.1) is 31.8 Å². The van der Waals surface area contributed by atoms with E-state index in [4.69, 9.17) is 57.6 Å². The number of fused-ring (bicyclic) bond motifs is 18. The molecule has 3 amide bonds. The van der Waals surface area contributed by atoms with Crippen LogP contribution >= 0.6 is 75.3 Å². The fourth-order valence-electron chi connectivity index (χ4n) is 13.7. The van der Waals surface area contributed by atoms with Crippen molar-refractivity contribution in [3.8, 4) is 78.3 Å². The van der Waals surface area contributed by atoms with Crippen LogP contribution in [0.2, 0.25) is 0 Å². The number of rotatable bonds is 7. The lowest BCUT2D eigenvalue weighted by Gasteiger charge is -2.18. The summed E-state index contributed by atoms with van der Waals surface area (Å²) < 4.78 is 8.48. The molecule has 132 heavy (non-hydrogen) atoms. The van der Waals surface area contributed by atoms with E-state index in [-0.39, 0.29) is 74.5 Å². The number of nitrogens with one attached hydrogen (secondary N) is 3. The average Bonchev–Trinajstić information content (AvgIpc) is 1.62. The van der Waals surface area contributed by atoms with Crippen molar-refractivity contribution >= 4 is 183 Å². The first-order valence-corrected chi connectivity index (χ1v) is 43.8. The molecule has 0 heterocycles. The number of amides is 3. The van der Waals surface area contributed by atoms with E-state index in [2.05, 4.69) is 79.7 Å². The first-order valence-electron chi connectivity index (χ1n) is 40.3. The van der Waals surface area contributed by atoms with Crippen LogP contribution in [0.3, 0.4) is 0 Å². The van der Waals surface area contributed by atoms with Gasteiger partial charge >= 0.3 is 21.7 Å². The number of ketones is 6. The molecule has 12 aromatic carbocycles. The van der Waals surface area contributed by atoms with Crippen molar-refractivity contribution in [2.45, 2.75) is 83.1 Å². The number of nitrogens with two attached hydrogens (primary N) is 1. The van der Waals surface area contributed by atoms with Gasteiger partial charge in [0.1, 0.15) is 11.5 Å². The van der Waals surface area contributed by atoms with Gasteiger partial charge < -0.3 is 56.6 Å². The summed E-state index contributed by atoms with van der Waals surface area (Å²) in [6.45, 7) is 21.9. The van der Waals surface area contributed by atoms with Crippen LogP contribution in [-0.4, -0.2) is 125 Å². The second kappa shape index (κ2) is 42.0. The van der Waals surface area contributed by atoms with Gasteiger partial charge in [0.05, 0.1) is 4.92 Å². The van der Waals surface area contributed by atoms with Crippen molar-refractivity contribution in [2.75, 3.05) is 21.7 Å². The number of nitrogens with zero attached hydrogens (tertiary/aromatic N) is 1. The van der Waals surface area contributed by atoms with E-state index < -0.39 is 35.2 Å². The van der Waals surface area contributed by atoms with Crippen molar-refractivity contribution in [2.24, 2.45) is 21.7 Å². The summed E-state index contributed by atoms with van der Waals surface area (Å²) in [6, 6.07) is 66.3. The van der Waals surface area contributed by atoms with Gasteiger partial charge in [-0.15, -0.1) is 0 Å². The van der Waals surface area contributed by atoms with Gasteiger partial charge in [0.15, 0.2) is 34.7 Å². The minimum absolute atomic E-state index is 0.00171. The Morgan fingerprint density at radius 2 is 0.606 bits per heavy atom. The van der Waals surface area contributed by atoms with Crippen molar-refractivity contribution in [1.29, 1.82) is 0 Å². The van der Waals surface area contributed by atoms with E-state index in [1.807, 2.05) is 190 Å². The fourth-order valence-corrected chi connectivity index (χ4v) is 15.2. The third-order valence-corrected chi connectivity index (χ3v) is 23.2. The molecule has 0 fully saturated rings. The first kappa shape index (κ1) is 102. The van der Waals surface area contributed by atoms with E-state index in [9.17, 15) is 63.2 Å². The second-order valence-corrected chi connectivity index (χ2v) is 38.5. The number of carbonyl (C=O) groups is 10. The van der Waals surface area contributed by atoms with Gasteiger partial charge in [-0.3, -0.25) is 68.6 Å². The Morgan fingerprint density at radius 1 is 0.356 bits per heavy atom. The zero-order chi connectivity index (χ0) is 97.4. The summed E-state index contributed by atoms with van der Waals surface area (Å²) in [6.07, 6.45) is 0. The molecular weight excluding hydrogens is 1970 g/mol. The molecule has 13 N–H and O–H groups in total. The van der Waals surface area contributed by atoms with Gasteiger partial charge in [0.25, 0.3) is 5.69 Å². The molecule has 26 nitrogen and oxygen atoms in total. The molecule has 0 saturated carbocycles. The number of nitro benzene ring substituents is 1. The van der Waals surface area contributed by atoms with Crippen molar-refractivity contribution in [1.82, 2.24) is 0 Å². The smallest absolute Gasteiger partial charge is 0.537 e. The lowest BCUT2D eigenvalue weighted by atomic mass is 9.50. The van der Waals surface area contributed by atoms with Crippen molar-refractivity contribution in [3.05, 3.63) is 319 Å². The van der Waals surface area contributed by atoms with Crippen LogP contribution < -0.4 is 26.3 Å². The van der Waals surface area contributed by atoms with E-state index in [0.29, 0.717) is 86.3 Å². The Kier molecular flexibility index (Phi) is 32.4.